The standard InChI is InChI=1S/C28H32F3N5O5S/c1-16-12-23(24-20(30)13-18(14-21(24)31)42(39,40)36-10-8-17(29)15-36)34-25-19(16)6-7-22(33-25)26(37)32-9-11-35(5)27(38)41-28(2,3)4/h6-7,12-14,17H,8-11,15H2,1-5H3,(H,32,37)/t17-/m0/s1. The van der Waals surface area contributed by atoms with Gasteiger partial charge in [0.15, 0.2) is 5.65 Å². The number of hydrogen-bond acceptors (Lipinski definition) is 7. The number of hydrogen-bond donors (Lipinski definition) is 1. The average molecular weight is 608 g/mol. The lowest BCUT2D eigenvalue weighted by molar-refractivity contribution is 0.0299. The highest BCUT2D eigenvalue weighted by Gasteiger charge is 2.34. The summed E-state index contributed by atoms with van der Waals surface area (Å²) >= 11 is 0. The summed E-state index contributed by atoms with van der Waals surface area (Å²) in [6.07, 6.45) is -1.86. The highest BCUT2D eigenvalue weighted by molar-refractivity contribution is 7.89. The van der Waals surface area contributed by atoms with Crippen molar-refractivity contribution < 1.29 is 35.9 Å². The van der Waals surface area contributed by atoms with Gasteiger partial charge in [0.1, 0.15) is 29.1 Å². The summed E-state index contributed by atoms with van der Waals surface area (Å²) in [5.74, 6) is -2.89. The fraction of sp³-hybridized carbons (Fsp3) is 0.429. The SMILES string of the molecule is Cc1cc(-c2c(F)cc(S(=O)(=O)N3CC[C@H](F)C3)cc2F)nc2nc(C(=O)NCCN(C)C(=O)OC(C)(C)C)ccc12. The lowest BCUT2D eigenvalue weighted by Crippen LogP contribution is -2.39. The molecule has 0 radical (unpaired) electrons. The highest BCUT2D eigenvalue weighted by Crippen LogP contribution is 2.32. The van der Waals surface area contributed by atoms with Crippen LogP contribution in [0.4, 0.5) is 18.0 Å². The number of carbonyl (C=O) groups is 2. The minimum Gasteiger partial charge on any atom is -0.444 e. The Morgan fingerprint density at radius 1 is 1.14 bits per heavy atom. The number of pyridine rings is 2. The Morgan fingerprint density at radius 3 is 2.40 bits per heavy atom. The van der Waals surface area contributed by atoms with E-state index in [1.165, 1.54) is 24.1 Å². The minimum atomic E-state index is -4.29. The van der Waals surface area contributed by atoms with Gasteiger partial charge < -0.3 is 15.0 Å². The van der Waals surface area contributed by atoms with E-state index >= 15 is 8.78 Å². The van der Waals surface area contributed by atoms with Crippen LogP contribution in [0, 0.1) is 18.6 Å². The van der Waals surface area contributed by atoms with E-state index < -0.39 is 55.9 Å². The number of amides is 2. The molecule has 10 nitrogen and oxygen atoms in total. The second kappa shape index (κ2) is 11.8. The second-order valence-electron chi connectivity index (χ2n) is 11.1. The van der Waals surface area contributed by atoms with E-state index in [0.29, 0.717) is 23.1 Å². The molecule has 2 aromatic heterocycles. The van der Waals surface area contributed by atoms with Crippen molar-refractivity contribution in [2.45, 2.75) is 50.8 Å². The van der Waals surface area contributed by atoms with Crippen molar-refractivity contribution in [3.8, 4) is 11.3 Å². The predicted octanol–water partition coefficient (Wildman–Crippen LogP) is 4.21. The van der Waals surface area contributed by atoms with Crippen molar-refractivity contribution in [3.05, 3.63) is 53.2 Å². The molecule has 0 aliphatic carbocycles. The third-order valence-electron chi connectivity index (χ3n) is 6.55. The normalized spacial score (nSPS) is 16.0. The summed E-state index contributed by atoms with van der Waals surface area (Å²) in [5.41, 5.74) is -0.767. The fourth-order valence-electron chi connectivity index (χ4n) is 4.38. The van der Waals surface area contributed by atoms with Gasteiger partial charge in [-0.3, -0.25) is 4.79 Å². The molecule has 14 heteroatoms. The van der Waals surface area contributed by atoms with E-state index in [0.717, 1.165) is 4.31 Å². The van der Waals surface area contributed by atoms with Gasteiger partial charge in [0.05, 0.1) is 16.2 Å². The summed E-state index contributed by atoms with van der Waals surface area (Å²) in [5, 5.41) is 3.19. The first-order valence-electron chi connectivity index (χ1n) is 13.2. The molecular formula is C28H32F3N5O5S. The average Bonchev–Trinajstić information content (AvgIpc) is 3.34. The molecule has 1 fully saturated rings. The number of nitrogens with one attached hydrogen (secondary N) is 1. The Hall–Kier alpha value is -3.78. The number of sulfonamides is 1. The van der Waals surface area contributed by atoms with Crippen LogP contribution in [0.3, 0.4) is 0 Å². The topological polar surface area (TPSA) is 122 Å². The maximum absolute atomic E-state index is 15.2. The van der Waals surface area contributed by atoms with Crippen molar-refractivity contribution in [1.82, 2.24) is 24.5 Å². The zero-order valence-electron chi connectivity index (χ0n) is 23.9. The van der Waals surface area contributed by atoms with Crippen molar-refractivity contribution >= 4 is 33.1 Å². The largest absolute Gasteiger partial charge is 0.444 e. The molecule has 1 aromatic carbocycles. The molecule has 2 amide bonds. The number of halogens is 3. The van der Waals surface area contributed by atoms with Crippen molar-refractivity contribution in [3.63, 3.8) is 0 Å². The molecule has 0 spiro atoms. The van der Waals surface area contributed by atoms with Crippen LogP contribution in [-0.4, -0.2) is 84.6 Å². The lowest BCUT2D eigenvalue weighted by atomic mass is 10.1. The minimum absolute atomic E-state index is 0.00867. The van der Waals surface area contributed by atoms with Crippen molar-refractivity contribution in [2.24, 2.45) is 0 Å². The summed E-state index contributed by atoms with van der Waals surface area (Å²) in [4.78, 5) is 34.1. The predicted molar refractivity (Wildman–Crippen MR) is 149 cm³/mol. The molecule has 3 aromatic rings. The summed E-state index contributed by atoms with van der Waals surface area (Å²) < 4.78 is 75.7. The Balaban J connectivity index is 1.55. The molecule has 0 unspecified atom stereocenters. The van der Waals surface area contributed by atoms with Crippen molar-refractivity contribution in [2.75, 3.05) is 33.2 Å². The maximum atomic E-state index is 15.2. The van der Waals surface area contributed by atoms with Gasteiger partial charge in [-0.1, -0.05) is 0 Å². The number of rotatable bonds is 7. The molecule has 0 saturated carbocycles. The number of alkyl halides is 1. The van der Waals surface area contributed by atoms with Crippen molar-refractivity contribution in [1.29, 1.82) is 0 Å². The highest BCUT2D eigenvalue weighted by atomic mass is 32.2. The van der Waals surface area contributed by atoms with Crippen LogP contribution in [0.1, 0.15) is 43.2 Å². The first-order chi connectivity index (χ1) is 19.6. The number of aryl methyl sites for hydroxylation is 1. The number of likely N-dealkylation sites (N-methyl/N-ethyl adjacent to an activating group) is 1. The quantitative estimate of drug-likeness (QED) is 0.427. The third kappa shape index (κ3) is 6.81. The van der Waals surface area contributed by atoms with Gasteiger partial charge in [0.25, 0.3) is 5.91 Å². The van der Waals surface area contributed by atoms with Gasteiger partial charge in [-0.15, -0.1) is 0 Å². The number of nitrogens with zero attached hydrogens (tertiary/aromatic N) is 4. The zero-order valence-corrected chi connectivity index (χ0v) is 24.7. The van der Waals surface area contributed by atoms with E-state index in [9.17, 15) is 22.4 Å². The fourth-order valence-corrected chi connectivity index (χ4v) is 5.89. The number of fused-ring (bicyclic) bond motifs is 1. The van der Waals surface area contributed by atoms with Gasteiger partial charge in [0, 0.05) is 38.6 Å². The van der Waals surface area contributed by atoms with Crippen LogP contribution >= 0.6 is 0 Å². The maximum Gasteiger partial charge on any atom is 0.410 e. The van der Waals surface area contributed by atoms with Gasteiger partial charge in [-0.25, -0.2) is 36.4 Å². The summed E-state index contributed by atoms with van der Waals surface area (Å²) in [6.45, 7) is 6.73. The zero-order chi connectivity index (χ0) is 31.0. The molecule has 42 heavy (non-hydrogen) atoms. The molecular weight excluding hydrogens is 575 g/mol. The molecule has 1 aliphatic rings. The van der Waals surface area contributed by atoms with Crippen LogP contribution in [0.15, 0.2) is 35.2 Å². The van der Waals surface area contributed by atoms with Crippen LogP contribution in [0.25, 0.3) is 22.3 Å². The Bertz CT molecular complexity index is 1620. The van der Waals surface area contributed by atoms with Gasteiger partial charge >= 0.3 is 6.09 Å². The Morgan fingerprint density at radius 2 is 1.81 bits per heavy atom. The Kier molecular flexibility index (Phi) is 8.78. The van der Waals surface area contributed by atoms with Crippen LogP contribution in [0.2, 0.25) is 0 Å². The van der Waals surface area contributed by atoms with Crippen LogP contribution in [0.5, 0.6) is 0 Å². The first-order valence-corrected chi connectivity index (χ1v) is 14.6. The number of benzene rings is 1. The summed E-state index contributed by atoms with van der Waals surface area (Å²) in [7, 11) is -2.76. The molecule has 1 atom stereocenters. The monoisotopic (exact) mass is 607 g/mol. The molecule has 1 aliphatic heterocycles. The van der Waals surface area contributed by atoms with Crippen LogP contribution < -0.4 is 5.32 Å². The van der Waals surface area contributed by atoms with Crippen LogP contribution in [-0.2, 0) is 14.8 Å². The molecule has 0 bridgehead atoms. The van der Waals surface area contributed by atoms with E-state index in [1.54, 1.807) is 33.8 Å². The number of carbonyl (C=O) groups excluding carboxylic acids is 2. The van der Waals surface area contributed by atoms with Gasteiger partial charge in [-0.2, -0.15) is 4.31 Å². The third-order valence-corrected chi connectivity index (χ3v) is 8.40. The van der Waals surface area contributed by atoms with E-state index in [2.05, 4.69) is 15.3 Å². The van der Waals surface area contributed by atoms with Gasteiger partial charge in [-0.05, 0) is 70.0 Å². The summed E-state index contributed by atoms with van der Waals surface area (Å²) in [6, 6.07) is 5.88. The Labute approximate surface area is 241 Å². The van der Waals surface area contributed by atoms with Gasteiger partial charge in [0.2, 0.25) is 10.0 Å². The molecule has 1 saturated heterocycles. The molecule has 3 heterocycles. The van der Waals surface area contributed by atoms with E-state index in [1.807, 2.05) is 0 Å². The molecule has 226 valence electrons. The van der Waals surface area contributed by atoms with E-state index in [4.69, 9.17) is 4.74 Å². The first kappa shape index (κ1) is 31.2. The lowest BCUT2D eigenvalue weighted by Gasteiger charge is -2.24. The second-order valence-corrected chi connectivity index (χ2v) is 13.0. The number of aromatic nitrogens is 2. The molecule has 1 N–H and O–H groups in total. The van der Waals surface area contributed by atoms with E-state index in [-0.39, 0.29) is 49.6 Å². The molecule has 4 rings (SSSR count). The number of ether oxygens (including phenoxy) is 1. The smallest absolute Gasteiger partial charge is 0.410 e.